The summed E-state index contributed by atoms with van der Waals surface area (Å²) >= 11 is 0. The average Bonchev–Trinajstić information content (AvgIpc) is 3.18. The van der Waals surface area contributed by atoms with Crippen LogP contribution in [0.2, 0.25) is 0 Å². The number of alkyl halides is 2. The smallest absolute Gasteiger partial charge is 0.276 e. The molecule has 0 radical (unpaired) electrons. The summed E-state index contributed by atoms with van der Waals surface area (Å²) in [7, 11) is 0. The van der Waals surface area contributed by atoms with Crippen LogP contribution in [0.1, 0.15) is 60.1 Å². The summed E-state index contributed by atoms with van der Waals surface area (Å²) in [5.74, 6) is -4.33. The highest BCUT2D eigenvalue weighted by molar-refractivity contribution is 5.74. The number of rotatable bonds is 8. The number of H-pyrrole nitrogens is 1. The molecule has 1 aliphatic rings. The van der Waals surface area contributed by atoms with Gasteiger partial charge in [0.25, 0.3) is 5.92 Å². The van der Waals surface area contributed by atoms with Crippen LogP contribution in [0.15, 0.2) is 42.5 Å². The molecule has 2 N–H and O–H groups in total. The average molecular weight is 463 g/mol. The standard InChI is InChI=1S/C26H32F3N3O/c1-17(2)24-19-11-10-18(27)15-20(19)26(28,29)16-25(24,33)12-14-32(3)13-6-9-23-30-21-7-4-5-8-22(21)31-23/h4-5,7-8,10-11,15,17,24,33H,6,9,12-14,16H2,1-3H3,(H,30,31)/t24-,25+/m0/s1/i3D3. The molecule has 0 unspecified atom stereocenters. The van der Waals surface area contributed by atoms with E-state index in [0.29, 0.717) is 12.8 Å². The van der Waals surface area contributed by atoms with Gasteiger partial charge in [0.05, 0.1) is 16.6 Å². The third kappa shape index (κ3) is 4.94. The molecule has 178 valence electrons. The third-order valence-electron chi connectivity index (χ3n) is 6.61. The van der Waals surface area contributed by atoms with Gasteiger partial charge in [0.1, 0.15) is 11.6 Å². The molecule has 4 rings (SSSR count). The van der Waals surface area contributed by atoms with Crippen LogP contribution in [-0.4, -0.2) is 45.6 Å². The molecule has 2 atom stereocenters. The van der Waals surface area contributed by atoms with E-state index in [2.05, 4.69) is 9.97 Å². The number of hydrogen-bond donors (Lipinski definition) is 2. The highest BCUT2D eigenvalue weighted by Crippen LogP contribution is 2.53. The first-order valence-corrected chi connectivity index (χ1v) is 11.4. The summed E-state index contributed by atoms with van der Waals surface area (Å²) in [5.41, 5.74) is -0.286. The molecule has 0 amide bonds. The van der Waals surface area contributed by atoms with Crippen LogP contribution in [0.25, 0.3) is 11.0 Å². The zero-order valence-electron chi connectivity index (χ0n) is 21.9. The van der Waals surface area contributed by atoms with Crippen molar-refractivity contribution >= 4 is 11.0 Å². The molecule has 4 nitrogen and oxygen atoms in total. The predicted octanol–water partition coefficient (Wildman–Crippen LogP) is 5.62. The number of aliphatic hydroxyl groups is 1. The normalized spacial score (nSPS) is 24.0. The summed E-state index contributed by atoms with van der Waals surface area (Å²) in [6, 6.07) is 10.9. The molecule has 1 aromatic heterocycles. The molecule has 0 bridgehead atoms. The summed E-state index contributed by atoms with van der Waals surface area (Å²) in [6.45, 7) is 1.30. The fourth-order valence-electron chi connectivity index (χ4n) is 5.22. The number of nitrogens with one attached hydrogen (secondary N) is 1. The maximum atomic E-state index is 15.1. The van der Waals surface area contributed by atoms with E-state index >= 15 is 8.78 Å². The molecule has 3 aromatic rings. The van der Waals surface area contributed by atoms with Gasteiger partial charge in [-0.3, -0.25) is 0 Å². The molecule has 2 aromatic carbocycles. The Labute approximate surface area is 197 Å². The third-order valence-corrected chi connectivity index (χ3v) is 6.61. The molecule has 0 spiro atoms. The zero-order valence-corrected chi connectivity index (χ0v) is 18.9. The Bertz CT molecular complexity index is 1180. The molecule has 0 saturated heterocycles. The first-order chi connectivity index (χ1) is 16.8. The summed E-state index contributed by atoms with van der Waals surface area (Å²) in [6.07, 6.45) is -0.0158. The molecular weight excluding hydrogens is 427 g/mol. The molecule has 1 aliphatic carbocycles. The van der Waals surface area contributed by atoms with Crippen molar-refractivity contribution in [3.05, 3.63) is 65.2 Å². The van der Waals surface area contributed by atoms with E-state index in [4.69, 9.17) is 4.11 Å². The van der Waals surface area contributed by atoms with Crippen LogP contribution in [-0.2, 0) is 12.3 Å². The van der Waals surface area contributed by atoms with E-state index in [1.54, 1.807) is 0 Å². The van der Waals surface area contributed by atoms with Gasteiger partial charge in [-0.15, -0.1) is 0 Å². The van der Waals surface area contributed by atoms with E-state index in [9.17, 15) is 9.50 Å². The SMILES string of the molecule is [2H]C([2H])([2H])N(CCCc1nc2ccccc2[nH]1)CC[C@@]1(O)CC(F)(F)c2cc(F)ccc2[C@@H]1C(C)C. The van der Waals surface area contributed by atoms with Crippen molar-refractivity contribution < 1.29 is 22.4 Å². The van der Waals surface area contributed by atoms with Crippen molar-refractivity contribution in [1.82, 2.24) is 14.9 Å². The second kappa shape index (κ2) is 9.11. The van der Waals surface area contributed by atoms with Crippen LogP contribution in [0.3, 0.4) is 0 Å². The zero-order chi connectivity index (χ0) is 26.3. The maximum absolute atomic E-state index is 15.1. The van der Waals surface area contributed by atoms with Gasteiger partial charge < -0.3 is 15.0 Å². The van der Waals surface area contributed by atoms with Gasteiger partial charge in [0.2, 0.25) is 0 Å². The van der Waals surface area contributed by atoms with E-state index in [1.807, 2.05) is 38.1 Å². The van der Waals surface area contributed by atoms with Crippen LogP contribution >= 0.6 is 0 Å². The van der Waals surface area contributed by atoms with Crippen molar-refractivity contribution in [2.75, 3.05) is 20.1 Å². The number of aromatic nitrogens is 2. The Morgan fingerprint density at radius 2 is 2.03 bits per heavy atom. The topological polar surface area (TPSA) is 52.2 Å². The van der Waals surface area contributed by atoms with Gasteiger partial charge in [-0.05, 0) is 62.1 Å². The number of aryl methyl sites for hydroxylation is 1. The van der Waals surface area contributed by atoms with Gasteiger partial charge in [-0.2, -0.15) is 0 Å². The molecule has 0 fully saturated rings. The van der Waals surface area contributed by atoms with Crippen molar-refractivity contribution in [2.45, 2.75) is 57.0 Å². The lowest BCUT2D eigenvalue weighted by Crippen LogP contribution is -2.49. The van der Waals surface area contributed by atoms with Crippen LogP contribution in [0.4, 0.5) is 13.2 Å². The lowest BCUT2D eigenvalue weighted by molar-refractivity contribution is -0.131. The van der Waals surface area contributed by atoms with Crippen molar-refractivity contribution in [1.29, 1.82) is 0 Å². The fourth-order valence-corrected chi connectivity index (χ4v) is 5.22. The highest BCUT2D eigenvalue weighted by Gasteiger charge is 2.54. The van der Waals surface area contributed by atoms with E-state index in [0.717, 1.165) is 29.0 Å². The Kier molecular flexibility index (Phi) is 5.53. The molecule has 1 heterocycles. The lowest BCUT2D eigenvalue weighted by atomic mass is 9.64. The summed E-state index contributed by atoms with van der Waals surface area (Å²) in [5, 5.41) is 11.6. The Balaban J connectivity index is 1.49. The second-order valence-electron chi connectivity index (χ2n) is 9.48. The molecule has 0 aliphatic heterocycles. The second-order valence-corrected chi connectivity index (χ2v) is 9.48. The van der Waals surface area contributed by atoms with Crippen LogP contribution in [0, 0.1) is 11.7 Å². The van der Waals surface area contributed by atoms with E-state index in [-0.39, 0.29) is 31.0 Å². The number of nitrogens with zero attached hydrogens (tertiary/aromatic N) is 2. The number of benzene rings is 2. The molecule has 0 saturated carbocycles. The number of hydrogen-bond acceptors (Lipinski definition) is 3. The number of fused-ring (bicyclic) bond motifs is 2. The van der Waals surface area contributed by atoms with Gasteiger partial charge >= 0.3 is 0 Å². The quantitative estimate of drug-likeness (QED) is 0.457. The Morgan fingerprint density at radius 3 is 2.76 bits per heavy atom. The Hall–Kier alpha value is -2.38. The molecule has 7 heteroatoms. The minimum atomic E-state index is -3.43. The number of para-hydroxylation sites is 2. The monoisotopic (exact) mass is 462 g/mol. The minimum absolute atomic E-state index is 0.0804. The van der Waals surface area contributed by atoms with Crippen LogP contribution < -0.4 is 0 Å². The largest absolute Gasteiger partial charge is 0.389 e. The van der Waals surface area contributed by atoms with E-state index in [1.165, 1.54) is 11.0 Å². The minimum Gasteiger partial charge on any atom is -0.389 e. The maximum Gasteiger partial charge on any atom is 0.276 e. The summed E-state index contributed by atoms with van der Waals surface area (Å²) < 4.78 is 67.8. The Morgan fingerprint density at radius 1 is 1.24 bits per heavy atom. The first-order valence-electron chi connectivity index (χ1n) is 12.9. The highest BCUT2D eigenvalue weighted by atomic mass is 19.3. The van der Waals surface area contributed by atoms with Gasteiger partial charge in [0, 0.05) is 35.0 Å². The predicted molar refractivity (Wildman–Crippen MR) is 124 cm³/mol. The first kappa shape index (κ1) is 20.0. The number of aromatic amines is 1. The molecular formula is C26H32F3N3O. The van der Waals surface area contributed by atoms with Gasteiger partial charge in [-0.1, -0.05) is 32.0 Å². The molecule has 33 heavy (non-hydrogen) atoms. The van der Waals surface area contributed by atoms with Crippen molar-refractivity contribution in [3.8, 4) is 0 Å². The number of imidazole rings is 1. The van der Waals surface area contributed by atoms with Crippen LogP contribution in [0.5, 0.6) is 0 Å². The number of halogens is 3. The van der Waals surface area contributed by atoms with E-state index < -0.39 is 42.2 Å². The van der Waals surface area contributed by atoms with Gasteiger partial charge in [-0.25, -0.2) is 18.2 Å². The van der Waals surface area contributed by atoms with Gasteiger partial charge in [0.15, 0.2) is 0 Å². The fraction of sp³-hybridized carbons (Fsp3) is 0.500. The lowest BCUT2D eigenvalue weighted by Gasteiger charge is -2.47. The van der Waals surface area contributed by atoms with Crippen molar-refractivity contribution in [2.24, 2.45) is 5.92 Å². The summed E-state index contributed by atoms with van der Waals surface area (Å²) in [4.78, 5) is 8.98. The van der Waals surface area contributed by atoms with Crippen molar-refractivity contribution in [3.63, 3.8) is 0 Å².